The minimum Gasteiger partial charge on any atom is -0.394 e. The molecule has 2 nitrogen and oxygen atoms in total. The quantitative estimate of drug-likeness (QED) is 0.889. The van der Waals surface area contributed by atoms with Gasteiger partial charge in [0.2, 0.25) is 0 Å². The number of nitrogens with one attached hydrogen (secondary N) is 1. The number of alkyl halides is 3. The fraction of sp³-hybridized carbons (Fsp3) is 0.600. The van der Waals surface area contributed by atoms with Crippen LogP contribution in [-0.4, -0.2) is 23.9 Å². The molecule has 0 spiro atoms. The zero-order valence-corrected chi connectivity index (χ0v) is 11.2. The third-order valence-corrected chi connectivity index (χ3v) is 3.99. The van der Waals surface area contributed by atoms with E-state index in [-0.39, 0.29) is 13.0 Å². The Kier molecular flexibility index (Phi) is 5.05. The molecule has 1 aromatic carbocycles. The fourth-order valence-electron chi connectivity index (χ4n) is 2.92. The van der Waals surface area contributed by atoms with Gasteiger partial charge >= 0.3 is 6.18 Å². The maximum absolute atomic E-state index is 13.0. The van der Waals surface area contributed by atoms with Crippen molar-refractivity contribution in [1.82, 2.24) is 5.32 Å². The molecule has 1 aliphatic rings. The van der Waals surface area contributed by atoms with Gasteiger partial charge in [-0.1, -0.05) is 43.2 Å². The summed E-state index contributed by atoms with van der Waals surface area (Å²) in [5.41, 5.74) is 0.821. The summed E-state index contributed by atoms with van der Waals surface area (Å²) < 4.78 is 39.1. The molecule has 0 bridgehead atoms. The molecule has 2 rings (SSSR count). The number of hydrogen-bond donors (Lipinski definition) is 2. The summed E-state index contributed by atoms with van der Waals surface area (Å²) in [6.07, 6.45) is -2.06. The summed E-state index contributed by atoms with van der Waals surface area (Å²) in [6, 6.07) is 8.07. The van der Waals surface area contributed by atoms with Crippen molar-refractivity contribution in [3.63, 3.8) is 0 Å². The zero-order chi connectivity index (χ0) is 14.6. The molecule has 1 aromatic rings. The van der Waals surface area contributed by atoms with Gasteiger partial charge in [0.05, 0.1) is 18.6 Å². The Labute approximate surface area is 117 Å². The molecule has 1 saturated carbocycles. The van der Waals surface area contributed by atoms with E-state index in [1.807, 2.05) is 30.3 Å². The van der Waals surface area contributed by atoms with Gasteiger partial charge in [-0.2, -0.15) is 13.2 Å². The Morgan fingerprint density at radius 3 is 2.40 bits per heavy atom. The first-order valence-corrected chi connectivity index (χ1v) is 7.01. The van der Waals surface area contributed by atoms with Crippen molar-refractivity contribution < 1.29 is 18.3 Å². The first-order chi connectivity index (χ1) is 9.52. The summed E-state index contributed by atoms with van der Waals surface area (Å²) in [4.78, 5) is 0. The van der Waals surface area contributed by atoms with Gasteiger partial charge in [0.15, 0.2) is 0 Å². The summed E-state index contributed by atoms with van der Waals surface area (Å²) in [5, 5.41) is 12.5. The summed E-state index contributed by atoms with van der Waals surface area (Å²) in [5.74, 6) is -1.31. The third kappa shape index (κ3) is 3.73. The second kappa shape index (κ2) is 6.59. The monoisotopic (exact) mass is 287 g/mol. The smallest absolute Gasteiger partial charge is 0.393 e. The van der Waals surface area contributed by atoms with Crippen LogP contribution in [0.15, 0.2) is 30.3 Å². The van der Waals surface area contributed by atoms with Crippen LogP contribution in [-0.2, 0) is 0 Å². The minimum atomic E-state index is -4.17. The first-order valence-electron chi connectivity index (χ1n) is 7.01. The lowest BCUT2D eigenvalue weighted by Crippen LogP contribution is -2.47. The molecule has 0 aromatic heterocycles. The highest BCUT2D eigenvalue weighted by molar-refractivity contribution is 5.19. The molecule has 1 aliphatic carbocycles. The van der Waals surface area contributed by atoms with Gasteiger partial charge in [0, 0.05) is 6.04 Å². The van der Waals surface area contributed by atoms with Gasteiger partial charge in [0.25, 0.3) is 0 Å². The highest BCUT2D eigenvalue weighted by Gasteiger charge is 2.45. The molecule has 0 heterocycles. The predicted molar refractivity (Wildman–Crippen MR) is 71.2 cm³/mol. The van der Waals surface area contributed by atoms with Crippen LogP contribution in [0.2, 0.25) is 0 Å². The van der Waals surface area contributed by atoms with Crippen LogP contribution in [0.3, 0.4) is 0 Å². The lowest BCUT2D eigenvalue weighted by atomic mass is 9.83. The second-order valence-corrected chi connectivity index (χ2v) is 5.35. The van der Waals surface area contributed by atoms with Gasteiger partial charge in [-0.3, -0.25) is 0 Å². The average Bonchev–Trinajstić information content (AvgIpc) is 2.45. The van der Waals surface area contributed by atoms with E-state index < -0.39 is 24.2 Å². The Hall–Kier alpha value is -1.07. The fourth-order valence-corrected chi connectivity index (χ4v) is 2.92. The third-order valence-electron chi connectivity index (χ3n) is 3.99. The van der Waals surface area contributed by atoms with Crippen LogP contribution < -0.4 is 5.32 Å². The molecule has 1 fully saturated rings. The number of halogens is 3. The van der Waals surface area contributed by atoms with E-state index in [1.165, 1.54) is 0 Å². The SMILES string of the molecule is OC[C@@H](NC1CCCCC1C(F)(F)F)c1ccccc1. The lowest BCUT2D eigenvalue weighted by Gasteiger charge is -2.36. The first kappa shape index (κ1) is 15.3. The van der Waals surface area contributed by atoms with Crippen LogP contribution in [0, 0.1) is 5.92 Å². The Morgan fingerprint density at radius 2 is 1.80 bits per heavy atom. The molecule has 20 heavy (non-hydrogen) atoms. The van der Waals surface area contributed by atoms with Crippen molar-refractivity contribution in [3.8, 4) is 0 Å². The van der Waals surface area contributed by atoms with Crippen LogP contribution in [0.1, 0.15) is 37.3 Å². The zero-order valence-electron chi connectivity index (χ0n) is 11.2. The molecule has 0 amide bonds. The molecule has 3 atom stereocenters. The predicted octanol–water partition coefficient (Wildman–Crippen LogP) is 3.43. The number of benzene rings is 1. The molecule has 0 saturated heterocycles. The van der Waals surface area contributed by atoms with Gasteiger partial charge in [-0.25, -0.2) is 0 Å². The van der Waals surface area contributed by atoms with E-state index in [1.54, 1.807) is 0 Å². The summed E-state index contributed by atoms with van der Waals surface area (Å²) in [7, 11) is 0. The molecule has 112 valence electrons. The largest absolute Gasteiger partial charge is 0.394 e. The molecule has 2 unspecified atom stereocenters. The van der Waals surface area contributed by atoms with Gasteiger partial charge in [-0.15, -0.1) is 0 Å². The van der Waals surface area contributed by atoms with E-state index >= 15 is 0 Å². The van der Waals surface area contributed by atoms with E-state index in [9.17, 15) is 18.3 Å². The minimum absolute atomic E-state index is 0.175. The average molecular weight is 287 g/mol. The maximum Gasteiger partial charge on any atom is 0.393 e. The number of hydrogen-bond acceptors (Lipinski definition) is 2. The van der Waals surface area contributed by atoms with Crippen LogP contribution in [0.4, 0.5) is 13.2 Å². The maximum atomic E-state index is 13.0. The summed E-state index contributed by atoms with van der Waals surface area (Å²) in [6.45, 7) is -0.203. The number of aliphatic hydroxyl groups excluding tert-OH is 1. The summed E-state index contributed by atoms with van der Waals surface area (Å²) >= 11 is 0. The van der Waals surface area contributed by atoms with Crippen molar-refractivity contribution in [1.29, 1.82) is 0 Å². The lowest BCUT2D eigenvalue weighted by molar-refractivity contribution is -0.189. The van der Waals surface area contributed by atoms with Crippen LogP contribution >= 0.6 is 0 Å². The Balaban J connectivity index is 2.09. The molecular formula is C15H20F3NO. The van der Waals surface area contributed by atoms with Crippen LogP contribution in [0.5, 0.6) is 0 Å². The molecular weight excluding hydrogens is 267 g/mol. The molecule has 0 radical (unpaired) electrons. The molecule has 0 aliphatic heterocycles. The van der Waals surface area contributed by atoms with E-state index in [2.05, 4.69) is 5.32 Å². The second-order valence-electron chi connectivity index (χ2n) is 5.35. The number of rotatable bonds is 4. The topological polar surface area (TPSA) is 32.3 Å². The molecule has 5 heteroatoms. The van der Waals surface area contributed by atoms with Gasteiger partial charge in [-0.05, 0) is 18.4 Å². The number of aliphatic hydroxyl groups is 1. The van der Waals surface area contributed by atoms with Gasteiger partial charge < -0.3 is 10.4 Å². The van der Waals surface area contributed by atoms with Crippen LogP contribution in [0.25, 0.3) is 0 Å². The Bertz CT molecular complexity index is 407. The van der Waals surface area contributed by atoms with Gasteiger partial charge in [0.1, 0.15) is 0 Å². The van der Waals surface area contributed by atoms with Crippen molar-refractivity contribution >= 4 is 0 Å². The molecule has 2 N–H and O–H groups in total. The standard InChI is InChI=1S/C15H20F3NO/c16-15(17,18)12-8-4-5-9-13(12)19-14(10-20)11-6-2-1-3-7-11/h1-3,6-7,12-14,19-20H,4-5,8-10H2/t12?,13?,14-/m1/s1. The van der Waals surface area contributed by atoms with E-state index in [0.717, 1.165) is 12.0 Å². The van der Waals surface area contributed by atoms with Crippen molar-refractivity contribution in [2.24, 2.45) is 5.92 Å². The van der Waals surface area contributed by atoms with E-state index in [4.69, 9.17) is 0 Å². The highest BCUT2D eigenvalue weighted by atomic mass is 19.4. The van der Waals surface area contributed by atoms with E-state index in [0.29, 0.717) is 12.8 Å². The highest BCUT2D eigenvalue weighted by Crippen LogP contribution is 2.38. The van der Waals surface area contributed by atoms with Crippen molar-refractivity contribution in [2.45, 2.75) is 43.9 Å². The van der Waals surface area contributed by atoms with Crippen molar-refractivity contribution in [2.75, 3.05) is 6.61 Å². The Morgan fingerprint density at radius 1 is 1.15 bits per heavy atom. The normalized spacial score (nSPS) is 25.4. The van der Waals surface area contributed by atoms with Crippen molar-refractivity contribution in [3.05, 3.63) is 35.9 Å².